The number of hydrogen-bond donors (Lipinski definition) is 2. The molecule has 1 aliphatic carbocycles. The Balaban J connectivity index is 1.60. The van der Waals surface area contributed by atoms with Crippen molar-refractivity contribution in [3.05, 3.63) is 83.1 Å². The number of methoxy groups -OCH3 is 4. The van der Waals surface area contributed by atoms with E-state index >= 15 is 0 Å². The molecule has 3 aromatic carbocycles. The molecular weight excluding hydrogens is 456 g/mol. The number of carbonyl (C=O) groups is 1. The van der Waals surface area contributed by atoms with Crippen molar-refractivity contribution in [2.75, 3.05) is 39.1 Å². The summed E-state index contributed by atoms with van der Waals surface area (Å²) < 4.78 is 22.1. The number of allylic oxidation sites excluding steroid dienone is 1. The summed E-state index contributed by atoms with van der Waals surface area (Å²) in [7, 11) is 6.43. The lowest BCUT2D eigenvalue weighted by atomic mass is 9.78. The number of para-hydroxylation sites is 2. The molecule has 5 rings (SSSR count). The Kier molecular flexibility index (Phi) is 6.46. The van der Waals surface area contributed by atoms with Crippen LogP contribution in [-0.2, 0) is 4.79 Å². The zero-order valence-electron chi connectivity index (χ0n) is 20.9. The van der Waals surface area contributed by atoms with Crippen LogP contribution in [0.25, 0.3) is 0 Å². The zero-order chi connectivity index (χ0) is 25.2. The standard InChI is InChI=1S/C29H30N2O5/c1-33-20-9-7-8-17(12-20)28-27-23(30-21-10-5-6-11-22(21)31-28)13-18(14-24(27)32)19-15-25(34-2)29(36-4)26(16-19)35-3/h5-12,15-16,18,28,30-31H,13-14H2,1-4H3. The van der Waals surface area contributed by atoms with Crippen molar-refractivity contribution in [2.24, 2.45) is 0 Å². The van der Waals surface area contributed by atoms with Crippen LogP contribution < -0.4 is 29.6 Å². The third-order valence-corrected chi connectivity index (χ3v) is 6.89. The number of nitrogens with one attached hydrogen (secondary N) is 2. The van der Waals surface area contributed by atoms with Gasteiger partial charge in [-0.3, -0.25) is 4.79 Å². The molecule has 0 saturated heterocycles. The van der Waals surface area contributed by atoms with E-state index in [2.05, 4.69) is 10.6 Å². The molecule has 2 unspecified atom stereocenters. The molecule has 0 bridgehead atoms. The molecule has 1 heterocycles. The van der Waals surface area contributed by atoms with E-state index in [4.69, 9.17) is 18.9 Å². The molecule has 0 saturated carbocycles. The highest BCUT2D eigenvalue weighted by atomic mass is 16.5. The minimum absolute atomic E-state index is 0.0475. The average Bonchev–Trinajstić information content (AvgIpc) is 3.09. The molecule has 2 atom stereocenters. The van der Waals surface area contributed by atoms with Gasteiger partial charge in [-0.25, -0.2) is 0 Å². The highest BCUT2D eigenvalue weighted by Gasteiger charge is 2.36. The van der Waals surface area contributed by atoms with Gasteiger partial charge in [0.1, 0.15) is 5.75 Å². The summed E-state index contributed by atoms with van der Waals surface area (Å²) >= 11 is 0. The number of anilines is 2. The molecule has 0 aromatic heterocycles. The first-order valence-electron chi connectivity index (χ1n) is 11.9. The molecule has 2 aliphatic rings. The second-order valence-electron chi connectivity index (χ2n) is 8.90. The lowest BCUT2D eigenvalue weighted by Crippen LogP contribution is -2.27. The number of rotatable bonds is 6. The maximum absolute atomic E-state index is 13.8. The molecule has 0 spiro atoms. The molecule has 2 N–H and O–H groups in total. The number of ether oxygens (including phenoxy) is 4. The van der Waals surface area contributed by atoms with Crippen molar-refractivity contribution in [3.8, 4) is 23.0 Å². The van der Waals surface area contributed by atoms with Gasteiger partial charge in [0.2, 0.25) is 5.75 Å². The first-order chi connectivity index (χ1) is 17.6. The van der Waals surface area contributed by atoms with Crippen LogP contribution in [0.4, 0.5) is 11.4 Å². The molecule has 3 aromatic rings. The van der Waals surface area contributed by atoms with Crippen LogP contribution in [0.3, 0.4) is 0 Å². The van der Waals surface area contributed by atoms with E-state index in [1.54, 1.807) is 28.4 Å². The van der Waals surface area contributed by atoms with Gasteiger partial charge in [-0.2, -0.15) is 0 Å². The van der Waals surface area contributed by atoms with Gasteiger partial charge in [-0.1, -0.05) is 24.3 Å². The lowest BCUT2D eigenvalue weighted by molar-refractivity contribution is -0.116. The molecule has 0 amide bonds. The summed E-state index contributed by atoms with van der Waals surface area (Å²) in [6.45, 7) is 0. The van der Waals surface area contributed by atoms with Crippen molar-refractivity contribution in [1.82, 2.24) is 0 Å². The van der Waals surface area contributed by atoms with Gasteiger partial charge in [0, 0.05) is 17.7 Å². The highest BCUT2D eigenvalue weighted by molar-refractivity contribution is 6.01. The van der Waals surface area contributed by atoms with E-state index in [1.807, 2.05) is 60.7 Å². The summed E-state index contributed by atoms with van der Waals surface area (Å²) in [5, 5.41) is 7.19. The van der Waals surface area contributed by atoms with E-state index in [1.165, 1.54) is 0 Å². The number of Topliss-reactive ketones (excluding diaryl/α,β-unsaturated/α-hetero) is 1. The van der Waals surface area contributed by atoms with Crippen LogP contribution in [0, 0.1) is 0 Å². The fourth-order valence-corrected chi connectivity index (χ4v) is 5.14. The summed E-state index contributed by atoms with van der Waals surface area (Å²) in [6.07, 6.45) is 1.04. The van der Waals surface area contributed by atoms with Crippen LogP contribution in [0.5, 0.6) is 23.0 Å². The molecule has 0 fully saturated rings. The second-order valence-corrected chi connectivity index (χ2v) is 8.90. The number of carbonyl (C=O) groups excluding carboxylic acids is 1. The SMILES string of the molecule is COc1cccc(C2Nc3ccccc3NC3=C2C(=O)CC(c2cc(OC)c(OC)c(OC)c2)C3)c1. The minimum Gasteiger partial charge on any atom is -0.497 e. The lowest BCUT2D eigenvalue weighted by Gasteiger charge is -2.30. The summed E-state index contributed by atoms with van der Waals surface area (Å²) in [5.41, 5.74) is 5.48. The van der Waals surface area contributed by atoms with Crippen molar-refractivity contribution < 1.29 is 23.7 Å². The van der Waals surface area contributed by atoms with Gasteiger partial charge < -0.3 is 29.6 Å². The van der Waals surface area contributed by atoms with E-state index < -0.39 is 0 Å². The topological polar surface area (TPSA) is 78.1 Å². The molecule has 7 heteroatoms. The zero-order valence-corrected chi connectivity index (χ0v) is 20.9. The Bertz CT molecular complexity index is 1310. The quantitative estimate of drug-likeness (QED) is 0.463. The normalized spacial score (nSPS) is 18.7. The first-order valence-corrected chi connectivity index (χ1v) is 11.9. The number of ketones is 1. The van der Waals surface area contributed by atoms with E-state index in [-0.39, 0.29) is 17.7 Å². The minimum atomic E-state index is -0.306. The number of hydrogen-bond acceptors (Lipinski definition) is 7. The van der Waals surface area contributed by atoms with Crippen LogP contribution >= 0.6 is 0 Å². The van der Waals surface area contributed by atoms with Crippen LogP contribution in [0.15, 0.2) is 71.9 Å². The summed E-state index contributed by atoms with van der Waals surface area (Å²) in [5.74, 6) is 2.49. The van der Waals surface area contributed by atoms with Gasteiger partial charge in [-0.15, -0.1) is 0 Å². The summed E-state index contributed by atoms with van der Waals surface area (Å²) in [4.78, 5) is 13.8. The fourth-order valence-electron chi connectivity index (χ4n) is 5.14. The third kappa shape index (κ3) is 4.21. The van der Waals surface area contributed by atoms with Gasteiger partial charge in [0.05, 0.1) is 45.9 Å². The maximum atomic E-state index is 13.8. The monoisotopic (exact) mass is 486 g/mol. The average molecular weight is 487 g/mol. The predicted octanol–water partition coefficient (Wildman–Crippen LogP) is 5.70. The third-order valence-electron chi connectivity index (χ3n) is 6.89. The second kappa shape index (κ2) is 9.85. The van der Waals surface area contributed by atoms with E-state index in [0.717, 1.165) is 39.5 Å². The van der Waals surface area contributed by atoms with E-state index in [0.29, 0.717) is 30.1 Å². The molecule has 1 aliphatic heterocycles. The molecule has 7 nitrogen and oxygen atoms in total. The number of fused-ring (bicyclic) bond motifs is 1. The highest BCUT2D eigenvalue weighted by Crippen LogP contribution is 2.47. The van der Waals surface area contributed by atoms with Gasteiger partial charge in [0.25, 0.3) is 0 Å². The molecule has 0 radical (unpaired) electrons. The van der Waals surface area contributed by atoms with Crippen molar-refractivity contribution >= 4 is 17.2 Å². The van der Waals surface area contributed by atoms with E-state index in [9.17, 15) is 4.79 Å². The molecular formula is C29H30N2O5. The van der Waals surface area contributed by atoms with Gasteiger partial charge in [0.15, 0.2) is 17.3 Å². The Morgan fingerprint density at radius 1 is 0.750 bits per heavy atom. The maximum Gasteiger partial charge on any atom is 0.203 e. The first kappa shape index (κ1) is 23.6. The largest absolute Gasteiger partial charge is 0.497 e. The molecule has 36 heavy (non-hydrogen) atoms. The number of benzene rings is 3. The Morgan fingerprint density at radius 2 is 1.47 bits per heavy atom. The van der Waals surface area contributed by atoms with Crippen molar-refractivity contribution in [3.63, 3.8) is 0 Å². The van der Waals surface area contributed by atoms with Gasteiger partial charge in [-0.05, 0) is 59.9 Å². The van der Waals surface area contributed by atoms with Crippen LogP contribution in [0.2, 0.25) is 0 Å². The Morgan fingerprint density at radius 3 is 2.14 bits per heavy atom. The van der Waals surface area contributed by atoms with Crippen LogP contribution in [-0.4, -0.2) is 34.2 Å². The van der Waals surface area contributed by atoms with Crippen molar-refractivity contribution in [1.29, 1.82) is 0 Å². The Hall–Kier alpha value is -4.13. The predicted molar refractivity (Wildman–Crippen MR) is 140 cm³/mol. The van der Waals surface area contributed by atoms with Crippen molar-refractivity contribution in [2.45, 2.75) is 24.8 Å². The molecule has 186 valence electrons. The fraction of sp³-hybridized carbons (Fsp3) is 0.276. The van der Waals surface area contributed by atoms with Crippen LogP contribution in [0.1, 0.15) is 35.9 Å². The van der Waals surface area contributed by atoms with Gasteiger partial charge >= 0.3 is 0 Å². The summed E-state index contributed by atoms with van der Waals surface area (Å²) in [6, 6.07) is 19.5. The smallest absolute Gasteiger partial charge is 0.203 e. The Labute approximate surface area is 211 Å².